The Morgan fingerprint density at radius 2 is 2.11 bits per heavy atom. The summed E-state index contributed by atoms with van der Waals surface area (Å²) < 4.78 is 0. The van der Waals surface area contributed by atoms with E-state index < -0.39 is 0 Å². The van der Waals surface area contributed by atoms with Crippen molar-refractivity contribution in [2.45, 2.75) is 25.8 Å². The Labute approximate surface area is 106 Å². The molecule has 2 unspecified atom stereocenters. The number of carbonyl (C=O) groups excluding carboxylic acids is 1. The number of nitrogens with two attached hydrogens (primary N) is 3. The van der Waals surface area contributed by atoms with Crippen molar-refractivity contribution in [2.24, 2.45) is 11.7 Å². The van der Waals surface area contributed by atoms with Crippen LogP contribution in [0, 0.1) is 5.92 Å². The van der Waals surface area contributed by atoms with Crippen LogP contribution in [-0.2, 0) is 4.79 Å². The Morgan fingerprint density at radius 1 is 1.39 bits per heavy atom. The summed E-state index contributed by atoms with van der Waals surface area (Å²) in [6, 6.07) is 3.88. The van der Waals surface area contributed by atoms with Gasteiger partial charge in [-0.25, -0.2) is 4.98 Å². The molecule has 1 aromatic heterocycles. The molecule has 6 heteroatoms. The number of primary amides is 1. The van der Waals surface area contributed by atoms with Crippen LogP contribution in [0.1, 0.15) is 19.8 Å². The van der Waals surface area contributed by atoms with Crippen LogP contribution in [-0.4, -0.2) is 23.5 Å². The first-order valence-corrected chi connectivity index (χ1v) is 6.07. The number of nitrogens with zero attached hydrogens (tertiary/aromatic N) is 2. The van der Waals surface area contributed by atoms with Crippen molar-refractivity contribution in [3.05, 3.63) is 12.1 Å². The number of amides is 1. The maximum absolute atomic E-state index is 11.3. The van der Waals surface area contributed by atoms with Gasteiger partial charge in [0.15, 0.2) is 0 Å². The summed E-state index contributed by atoms with van der Waals surface area (Å²) in [6.07, 6.45) is 1.75. The molecule has 2 heterocycles. The molecule has 1 amide bonds. The molecule has 18 heavy (non-hydrogen) atoms. The maximum atomic E-state index is 11.3. The third-order valence-corrected chi connectivity index (χ3v) is 3.52. The van der Waals surface area contributed by atoms with Gasteiger partial charge in [-0.3, -0.25) is 4.79 Å². The summed E-state index contributed by atoms with van der Waals surface area (Å²) in [5.41, 5.74) is 17.2. The highest BCUT2D eigenvalue weighted by Gasteiger charge is 2.29. The topological polar surface area (TPSA) is 111 Å². The third kappa shape index (κ3) is 2.32. The first-order valence-electron chi connectivity index (χ1n) is 6.07. The molecule has 2 rings (SSSR count). The first kappa shape index (κ1) is 12.5. The number of hydrogen-bond acceptors (Lipinski definition) is 5. The lowest BCUT2D eigenvalue weighted by Gasteiger charge is -2.37. The highest BCUT2D eigenvalue weighted by Crippen LogP contribution is 2.27. The van der Waals surface area contributed by atoms with E-state index in [0.717, 1.165) is 18.7 Å². The van der Waals surface area contributed by atoms with E-state index in [1.54, 1.807) is 6.07 Å². The van der Waals surface area contributed by atoms with Crippen LogP contribution in [0.2, 0.25) is 0 Å². The summed E-state index contributed by atoms with van der Waals surface area (Å²) in [7, 11) is 0. The molecule has 6 nitrogen and oxygen atoms in total. The van der Waals surface area contributed by atoms with Gasteiger partial charge in [0.1, 0.15) is 11.6 Å². The van der Waals surface area contributed by atoms with Crippen LogP contribution in [0.4, 0.5) is 17.3 Å². The Balaban J connectivity index is 2.24. The summed E-state index contributed by atoms with van der Waals surface area (Å²) >= 11 is 0. The molecule has 0 aliphatic carbocycles. The molecular formula is C12H19N5O. The molecule has 1 fully saturated rings. The van der Waals surface area contributed by atoms with Crippen molar-refractivity contribution in [1.29, 1.82) is 0 Å². The molecule has 1 saturated heterocycles. The molecule has 1 aliphatic heterocycles. The van der Waals surface area contributed by atoms with Crippen LogP contribution in [0.15, 0.2) is 12.1 Å². The number of carbonyl (C=O) groups is 1. The fourth-order valence-electron chi connectivity index (χ4n) is 2.29. The number of aromatic nitrogens is 1. The second-order valence-corrected chi connectivity index (χ2v) is 4.82. The molecule has 1 aromatic rings. The predicted molar refractivity (Wildman–Crippen MR) is 71.8 cm³/mol. The zero-order valence-corrected chi connectivity index (χ0v) is 10.5. The van der Waals surface area contributed by atoms with Crippen molar-refractivity contribution >= 4 is 23.2 Å². The first-order chi connectivity index (χ1) is 8.49. The summed E-state index contributed by atoms with van der Waals surface area (Å²) in [5.74, 6) is 0.693. The largest absolute Gasteiger partial charge is 0.396 e. The van der Waals surface area contributed by atoms with Crippen LogP contribution >= 0.6 is 0 Å². The fourth-order valence-corrected chi connectivity index (χ4v) is 2.29. The van der Waals surface area contributed by atoms with Crippen molar-refractivity contribution in [2.75, 3.05) is 22.9 Å². The standard InChI is InChI=1S/C12H19N5O/c1-7-2-3-8(12(15)18)6-17(7)10-5-4-9(13)11(14)16-10/h4-5,7-8H,2-3,6,13H2,1H3,(H2,14,16)(H2,15,18). The van der Waals surface area contributed by atoms with Gasteiger partial charge in [0, 0.05) is 12.6 Å². The lowest BCUT2D eigenvalue weighted by molar-refractivity contribution is -0.122. The second kappa shape index (κ2) is 4.72. The van der Waals surface area contributed by atoms with Crippen molar-refractivity contribution in [1.82, 2.24) is 4.98 Å². The fraction of sp³-hybridized carbons (Fsp3) is 0.500. The van der Waals surface area contributed by atoms with E-state index >= 15 is 0 Å². The number of rotatable bonds is 2. The van der Waals surface area contributed by atoms with E-state index in [0.29, 0.717) is 24.1 Å². The average Bonchev–Trinajstić information content (AvgIpc) is 2.33. The van der Waals surface area contributed by atoms with E-state index in [1.165, 1.54) is 0 Å². The van der Waals surface area contributed by atoms with Crippen LogP contribution in [0.25, 0.3) is 0 Å². The quantitative estimate of drug-likeness (QED) is 0.699. The molecule has 0 spiro atoms. The number of piperidine rings is 1. The van der Waals surface area contributed by atoms with Crippen LogP contribution in [0.5, 0.6) is 0 Å². The SMILES string of the molecule is CC1CCC(C(N)=O)CN1c1ccc(N)c(N)n1. The molecule has 2 atom stereocenters. The molecule has 0 radical (unpaired) electrons. The van der Waals surface area contributed by atoms with Gasteiger partial charge in [0.05, 0.1) is 11.6 Å². The zero-order valence-electron chi connectivity index (χ0n) is 10.5. The lowest BCUT2D eigenvalue weighted by atomic mass is 9.93. The van der Waals surface area contributed by atoms with Gasteiger partial charge in [-0.05, 0) is 31.9 Å². The van der Waals surface area contributed by atoms with Gasteiger partial charge in [-0.15, -0.1) is 0 Å². The Hall–Kier alpha value is -1.98. The third-order valence-electron chi connectivity index (χ3n) is 3.52. The number of pyridine rings is 1. The molecule has 6 N–H and O–H groups in total. The Bertz CT molecular complexity index is 462. The van der Waals surface area contributed by atoms with E-state index in [4.69, 9.17) is 17.2 Å². The second-order valence-electron chi connectivity index (χ2n) is 4.82. The molecular weight excluding hydrogens is 230 g/mol. The predicted octanol–water partition coefficient (Wildman–Crippen LogP) is 0.336. The Kier molecular flexibility index (Phi) is 3.27. The van der Waals surface area contributed by atoms with Crippen molar-refractivity contribution in [3.63, 3.8) is 0 Å². The van der Waals surface area contributed by atoms with Gasteiger partial charge >= 0.3 is 0 Å². The van der Waals surface area contributed by atoms with E-state index in [2.05, 4.69) is 16.8 Å². The van der Waals surface area contributed by atoms with Gasteiger partial charge in [0.2, 0.25) is 5.91 Å². The van der Waals surface area contributed by atoms with Gasteiger partial charge in [-0.2, -0.15) is 0 Å². The van der Waals surface area contributed by atoms with Gasteiger partial charge in [-0.1, -0.05) is 0 Å². The minimum absolute atomic E-state index is 0.123. The minimum atomic E-state index is -0.254. The lowest BCUT2D eigenvalue weighted by Crippen LogP contribution is -2.46. The minimum Gasteiger partial charge on any atom is -0.396 e. The molecule has 98 valence electrons. The smallest absolute Gasteiger partial charge is 0.222 e. The van der Waals surface area contributed by atoms with Crippen LogP contribution < -0.4 is 22.1 Å². The summed E-state index contributed by atoms with van der Waals surface area (Å²) in [5, 5.41) is 0. The number of anilines is 3. The molecule has 0 saturated carbocycles. The molecule has 0 bridgehead atoms. The summed E-state index contributed by atoms with van der Waals surface area (Å²) in [4.78, 5) is 17.6. The van der Waals surface area contributed by atoms with E-state index in [-0.39, 0.29) is 11.8 Å². The highest BCUT2D eigenvalue weighted by atomic mass is 16.1. The molecule has 1 aliphatic rings. The zero-order chi connectivity index (χ0) is 13.3. The van der Waals surface area contributed by atoms with Gasteiger partial charge in [0.25, 0.3) is 0 Å². The van der Waals surface area contributed by atoms with E-state index in [1.807, 2.05) is 6.07 Å². The Morgan fingerprint density at radius 3 is 2.72 bits per heavy atom. The van der Waals surface area contributed by atoms with Crippen molar-refractivity contribution < 1.29 is 4.79 Å². The van der Waals surface area contributed by atoms with Gasteiger partial charge < -0.3 is 22.1 Å². The normalized spacial score (nSPS) is 23.9. The number of hydrogen-bond donors (Lipinski definition) is 3. The van der Waals surface area contributed by atoms with Crippen molar-refractivity contribution in [3.8, 4) is 0 Å². The van der Waals surface area contributed by atoms with Crippen LogP contribution in [0.3, 0.4) is 0 Å². The monoisotopic (exact) mass is 249 g/mol. The maximum Gasteiger partial charge on any atom is 0.222 e. The average molecular weight is 249 g/mol. The van der Waals surface area contributed by atoms with E-state index in [9.17, 15) is 4.79 Å². The number of nitrogen functional groups attached to an aromatic ring is 2. The summed E-state index contributed by atoms with van der Waals surface area (Å²) in [6.45, 7) is 2.69. The molecule has 0 aromatic carbocycles. The highest BCUT2D eigenvalue weighted by molar-refractivity contribution is 5.77.